The third kappa shape index (κ3) is 9.29. The van der Waals surface area contributed by atoms with Gasteiger partial charge in [0.05, 0.1) is 12.6 Å². The van der Waals surface area contributed by atoms with Crippen LogP contribution < -0.4 is 26.0 Å². The topological polar surface area (TPSA) is 157 Å². The molecule has 1 aliphatic rings. The van der Waals surface area contributed by atoms with Crippen molar-refractivity contribution < 1.29 is 19.1 Å². The first-order chi connectivity index (χ1) is 19.3. The van der Waals surface area contributed by atoms with Crippen molar-refractivity contribution in [2.45, 2.75) is 58.2 Å². The Labute approximate surface area is 235 Å². The third-order valence-electron chi connectivity index (χ3n) is 6.69. The zero-order chi connectivity index (χ0) is 28.9. The number of benzene rings is 2. The first-order valence-corrected chi connectivity index (χ1v) is 13.7. The van der Waals surface area contributed by atoms with Crippen molar-refractivity contribution in [3.8, 4) is 5.75 Å². The number of nitrogens with zero attached hydrogens (tertiary/aromatic N) is 3. The average Bonchev–Trinajstić information content (AvgIpc) is 2.93. The lowest BCUT2D eigenvalue weighted by atomic mass is 10.00. The van der Waals surface area contributed by atoms with Crippen LogP contribution in [0.3, 0.4) is 0 Å². The Hall–Kier alpha value is -4.08. The predicted octanol–water partition coefficient (Wildman–Crippen LogP) is 2.57. The molecule has 214 valence electrons. The number of carbonyl (C=O) groups excluding carboxylic acids is 3. The van der Waals surface area contributed by atoms with Crippen LogP contribution in [0.4, 0.5) is 0 Å². The molecule has 0 bridgehead atoms. The summed E-state index contributed by atoms with van der Waals surface area (Å²) >= 11 is 0. The number of ether oxygens (including phenoxy) is 1. The Kier molecular flexibility index (Phi) is 11.8. The van der Waals surface area contributed by atoms with Crippen molar-refractivity contribution >= 4 is 17.7 Å². The predicted molar refractivity (Wildman–Crippen MR) is 153 cm³/mol. The van der Waals surface area contributed by atoms with Crippen molar-refractivity contribution in [3.05, 3.63) is 75.7 Å². The van der Waals surface area contributed by atoms with Gasteiger partial charge in [0.1, 0.15) is 24.4 Å². The van der Waals surface area contributed by atoms with E-state index < -0.39 is 29.9 Å². The standard InChI is InChI=1S/C29H39N7O4/c1-19(2)26-29(39)34-24(18-33-36-30)27(37)32-13-7-11-22-10-4-5-12-25(22)40-15-14-31-23(28(38)35-26)17-21-9-6-8-20(3)16-21/h4-6,8-10,12,16,19,23-24,26,31H,7,11,13-15,17-18H2,1-3H3,(H,32,37)(H,34,39)(H,35,38)/t23-,24+,26-/m1/s1. The highest BCUT2D eigenvalue weighted by atomic mass is 16.5. The summed E-state index contributed by atoms with van der Waals surface area (Å²) in [5.74, 6) is -0.835. The number of para-hydroxylation sites is 1. The van der Waals surface area contributed by atoms with Crippen LogP contribution in [0.15, 0.2) is 53.6 Å². The molecule has 0 saturated carbocycles. The number of aryl methyl sites for hydroxylation is 2. The van der Waals surface area contributed by atoms with Gasteiger partial charge in [0.15, 0.2) is 0 Å². The second-order valence-electron chi connectivity index (χ2n) is 10.3. The highest BCUT2D eigenvalue weighted by molar-refractivity contribution is 5.93. The van der Waals surface area contributed by atoms with Crippen LogP contribution in [0.5, 0.6) is 5.75 Å². The normalized spacial score (nSPS) is 21.4. The summed E-state index contributed by atoms with van der Waals surface area (Å²) in [6.07, 6.45) is 1.74. The van der Waals surface area contributed by atoms with Gasteiger partial charge in [-0.25, -0.2) is 0 Å². The Balaban J connectivity index is 1.87. The van der Waals surface area contributed by atoms with Crippen LogP contribution in [-0.2, 0) is 27.2 Å². The molecular formula is C29H39N7O4. The van der Waals surface area contributed by atoms with Crippen molar-refractivity contribution in [2.24, 2.45) is 11.0 Å². The molecule has 11 nitrogen and oxygen atoms in total. The van der Waals surface area contributed by atoms with E-state index in [1.165, 1.54) is 0 Å². The largest absolute Gasteiger partial charge is 0.492 e. The molecule has 0 unspecified atom stereocenters. The van der Waals surface area contributed by atoms with E-state index >= 15 is 0 Å². The molecule has 3 rings (SSSR count). The minimum absolute atomic E-state index is 0.249. The maximum absolute atomic E-state index is 13.5. The van der Waals surface area contributed by atoms with Crippen LogP contribution >= 0.6 is 0 Å². The molecule has 1 heterocycles. The van der Waals surface area contributed by atoms with Gasteiger partial charge in [0, 0.05) is 18.0 Å². The molecule has 0 aliphatic carbocycles. The molecule has 1 aliphatic heterocycles. The van der Waals surface area contributed by atoms with Crippen molar-refractivity contribution in [1.29, 1.82) is 0 Å². The van der Waals surface area contributed by atoms with Gasteiger partial charge < -0.3 is 26.0 Å². The summed E-state index contributed by atoms with van der Waals surface area (Å²) in [4.78, 5) is 42.4. The van der Waals surface area contributed by atoms with Gasteiger partial charge >= 0.3 is 0 Å². The van der Waals surface area contributed by atoms with Gasteiger partial charge in [0.2, 0.25) is 17.7 Å². The van der Waals surface area contributed by atoms with Crippen LogP contribution in [-0.4, -0.2) is 62.1 Å². The van der Waals surface area contributed by atoms with Crippen LogP contribution in [0.25, 0.3) is 10.4 Å². The lowest BCUT2D eigenvalue weighted by Gasteiger charge is -2.27. The van der Waals surface area contributed by atoms with E-state index in [9.17, 15) is 14.4 Å². The molecule has 2 aromatic rings. The fourth-order valence-corrected chi connectivity index (χ4v) is 4.55. The minimum atomic E-state index is -1.07. The summed E-state index contributed by atoms with van der Waals surface area (Å²) < 4.78 is 6.05. The minimum Gasteiger partial charge on any atom is -0.492 e. The van der Waals surface area contributed by atoms with Gasteiger partial charge in [-0.1, -0.05) is 67.0 Å². The van der Waals surface area contributed by atoms with Crippen molar-refractivity contribution in [2.75, 3.05) is 26.2 Å². The second kappa shape index (κ2) is 15.5. The Morgan fingerprint density at radius 3 is 2.55 bits per heavy atom. The molecule has 0 saturated heterocycles. The number of hydrogen-bond acceptors (Lipinski definition) is 6. The quantitative estimate of drug-likeness (QED) is 0.256. The molecule has 3 atom stereocenters. The number of azide groups is 1. The highest BCUT2D eigenvalue weighted by Crippen LogP contribution is 2.19. The molecule has 0 aromatic heterocycles. The Bertz CT molecular complexity index is 1210. The molecule has 0 fully saturated rings. The fraction of sp³-hybridized carbons (Fsp3) is 0.483. The molecule has 3 amide bonds. The van der Waals surface area contributed by atoms with Gasteiger partial charge in [-0.15, -0.1) is 0 Å². The number of carbonyl (C=O) groups is 3. The number of hydrogen-bond donors (Lipinski definition) is 4. The van der Waals surface area contributed by atoms with E-state index in [1.807, 2.05) is 69.3 Å². The van der Waals surface area contributed by atoms with Gasteiger partial charge in [-0.05, 0) is 54.8 Å². The van der Waals surface area contributed by atoms with E-state index in [0.717, 1.165) is 22.4 Å². The summed E-state index contributed by atoms with van der Waals surface area (Å²) in [6.45, 7) is 6.50. The summed E-state index contributed by atoms with van der Waals surface area (Å²) in [7, 11) is 0. The smallest absolute Gasteiger partial charge is 0.243 e. The molecule has 40 heavy (non-hydrogen) atoms. The maximum atomic E-state index is 13.5. The fourth-order valence-electron chi connectivity index (χ4n) is 4.55. The van der Waals surface area contributed by atoms with E-state index in [4.69, 9.17) is 10.3 Å². The maximum Gasteiger partial charge on any atom is 0.243 e. The van der Waals surface area contributed by atoms with Gasteiger partial charge in [-0.3, -0.25) is 14.4 Å². The van der Waals surface area contributed by atoms with Crippen molar-refractivity contribution in [1.82, 2.24) is 21.3 Å². The van der Waals surface area contributed by atoms with Gasteiger partial charge in [0.25, 0.3) is 0 Å². The highest BCUT2D eigenvalue weighted by Gasteiger charge is 2.30. The van der Waals surface area contributed by atoms with Gasteiger partial charge in [-0.2, -0.15) is 0 Å². The van der Waals surface area contributed by atoms with Crippen LogP contribution in [0.1, 0.15) is 37.0 Å². The number of nitrogens with one attached hydrogen (secondary N) is 4. The Morgan fingerprint density at radius 2 is 1.80 bits per heavy atom. The molecule has 11 heteroatoms. The number of rotatable bonds is 5. The summed E-state index contributed by atoms with van der Waals surface area (Å²) in [5.41, 5.74) is 11.9. The zero-order valence-corrected chi connectivity index (χ0v) is 23.4. The van der Waals surface area contributed by atoms with E-state index in [0.29, 0.717) is 39.0 Å². The SMILES string of the molecule is Cc1cccc(C[C@H]2NCCOc3ccccc3CCCNC(=O)[C@H](CN=[N+]=[N-])NC(=O)[C@@H](C(C)C)NC2=O)c1. The van der Waals surface area contributed by atoms with E-state index in [-0.39, 0.29) is 18.4 Å². The van der Waals surface area contributed by atoms with E-state index in [1.54, 1.807) is 0 Å². The van der Waals surface area contributed by atoms with Crippen LogP contribution in [0, 0.1) is 12.8 Å². The van der Waals surface area contributed by atoms with Crippen LogP contribution in [0.2, 0.25) is 0 Å². The summed E-state index contributed by atoms with van der Waals surface area (Å²) in [6, 6.07) is 13.1. The Morgan fingerprint density at radius 1 is 1.00 bits per heavy atom. The number of fused-ring (bicyclic) bond motifs is 1. The molecule has 0 radical (unpaired) electrons. The first-order valence-electron chi connectivity index (χ1n) is 13.7. The molecule has 2 aromatic carbocycles. The molecule has 0 spiro atoms. The summed E-state index contributed by atoms with van der Waals surface area (Å²) in [5, 5.41) is 15.2. The van der Waals surface area contributed by atoms with E-state index in [2.05, 4.69) is 31.3 Å². The lowest BCUT2D eigenvalue weighted by Crippen LogP contribution is -2.59. The average molecular weight is 550 g/mol. The first kappa shape index (κ1) is 30.5. The number of amides is 3. The lowest BCUT2D eigenvalue weighted by molar-refractivity contribution is -0.133. The van der Waals surface area contributed by atoms with Crippen molar-refractivity contribution in [3.63, 3.8) is 0 Å². The zero-order valence-electron chi connectivity index (χ0n) is 23.4. The monoisotopic (exact) mass is 549 g/mol. The second-order valence-corrected chi connectivity index (χ2v) is 10.3. The molecular weight excluding hydrogens is 510 g/mol. The third-order valence-corrected chi connectivity index (χ3v) is 6.69. The molecule has 4 N–H and O–H groups in total.